The summed E-state index contributed by atoms with van der Waals surface area (Å²) >= 11 is 0. The van der Waals surface area contributed by atoms with E-state index < -0.39 is 5.41 Å². The molecule has 2 atom stereocenters. The summed E-state index contributed by atoms with van der Waals surface area (Å²) in [4.78, 5) is 30.9. The lowest BCUT2D eigenvalue weighted by Gasteiger charge is -2.54. The van der Waals surface area contributed by atoms with Crippen molar-refractivity contribution in [3.63, 3.8) is 0 Å². The SMILES string of the molecule is COC(=O)[C@@]12CN(C(=O)c3ccncc3OC)C[C@@H]1C(C)(C)C2. The molecule has 1 aromatic heterocycles. The van der Waals surface area contributed by atoms with Gasteiger partial charge in [0.2, 0.25) is 0 Å². The number of likely N-dealkylation sites (tertiary alicyclic amines) is 1. The summed E-state index contributed by atoms with van der Waals surface area (Å²) in [5, 5.41) is 0. The van der Waals surface area contributed by atoms with E-state index in [1.165, 1.54) is 20.4 Å². The van der Waals surface area contributed by atoms with E-state index in [-0.39, 0.29) is 23.2 Å². The van der Waals surface area contributed by atoms with Gasteiger partial charge in [0.05, 0.1) is 31.4 Å². The molecule has 6 nitrogen and oxygen atoms in total. The maximum atomic E-state index is 12.9. The molecule has 0 bridgehead atoms. The molecule has 3 rings (SSSR count). The van der Waals surface area contributed by atoms with Gasteiger partial charge in [-0.3, -0.25) is 14.6 Å². The topological polar surface area (TPSA) is 68.7 Å². The molecule has 2 aliphatic rings. The minimum Gasteiger partial charge on any atom is -0.494 e. The van der Waals surface area contributed by atoms with Crippen LogP contribution in [-0.4, -0.2) is 49.1 Å². The number of esters is 1. The first-order valence-electron chi connectivity index (χ1n) is 7.71. The number of carbonyl (C=O) groups is 2. The van der Waals surface area contributed by atoms with Gasteiger partial charge in [0.25, 0.3) is 5.91 Å². The van der Waals surface area contributed by atoms with Gasteiger partial charge in [0.15, 0.2) is 0 Å². The Balaban J connectivity index is 1.89. The molecule has 0 radical (unpaired) electrons. The lowest BCUT2D eigenvalue weighted by molar-refractivity contribution is -0.174. The molecular weight excluding hydrogens is 296 g/mol. The highest BCUT2D eigenvalue weighted by molar-refractivity contribution is 5.97. The van der Waals surface area contributed by atoms with Gasteiger partial charge in [0, 0.05) is 19.3 Å². The van der Waals surface area contributed by atoms with Crippen molar-refractivity contribution >= 4 is 11.9 Å². The number of nitrogens with zero attached hydrogens (tertiary/aromatic N) is 2. The zero-order chi connectivity index (χ0) is 16.8. The van der Waals surface area contributed by atoms with Gasteiger partial charge in [-0.15, -0.1) is 0 Å². The second-order valence-corrected chi connectivity index (χ2v) is 7.13. The molecule has 0 spiro atoms. The Morgan fingerprint density at radius 3 is 2.70 bits per heavy atom. The molecule has 1 aliphatic heterocycles. The van der Waals surface area contributed by atoms with E-state index in [2.05, 4.69) is 18.8 Å². The highest BCUT2D eigenvalue weighted by Crippen LogP contribution is 2.63. The molecule has 0 N–H and O–H groups in total. The molecule has 1 saturated heterocycles. The normalized spacial score (nSPS) is 27.8. The summed E-state index contributed by atoms with van der Waals surface area (Å²) in [6, 6.07) is 1.65. The molecule has 6 heteroatoms. The average Bonchev–Trinajstić information content (AvgIpc) is 2.89. The fourth-order valence-electron chi connectivity index (χ4n) is 4.42. The fraction of sp³-hybridized carbons (Fsp3) is 0.588. The van der Waals surface area contributed by atoms with Crippen LogP contribution in [0, 0.1) is 16.7 Å². The molecule has 1 aromatic rings. The van der Waals surface area contributed by atoms with Gasteiger partial charge in [0.1, 0.15) is 5.75 Å². The first-order valence-corrected chi connectivity index (χ1v) is 7.71. The summed E-state index contributed by atoms with van der Waals surface area (Å²) in [6.45, 7) is 5.24. The van der Waals surface area contributed by atoms with Crippen LogP contribution in [0.5, 0.6) is 5.75 Å². The van der Waals surface area contributed by atoms with Crippen LogP contribution in [0.3, 0.4) is 0 Å². The number of carbonyl (C=O) groups excluding carboxylic acids is 2. The van der Waals surface area contributed by atoms with Gasteiger partial charge in [-0.2, -0.15) is 0 Å². The Labute approximate surface area is 135 Å². The number of amides is 1. The van der Waals surface area contributed by atoms with Gasteiger partial charge >= 0.3 is 5.97 Å². The number of fused-ring (bicyclic) bond motifs is 1. The second kappa shape index (κ2) is 5.22. The van der Waals surface area contributed by atoms with Crippen LogP contribution in [-0.2, 0) is 9.53 Å². The number of methoxy groups -OCH3 is 2. The van der Waals surface area contributed by atoms with E-state index in [0.717, 1.165) is 6.42 Å². The van der Waals surface area contributed by atoms with Crippen LogP contribution in [0.25, 0.3) is 0 Å². The molecule has 1 aliphatic carbocycles. The van der Waals surface area contributed by atoms with Crippen molar-refractivity contribution < 1.29 is 19.1 Å². The lowest BCUT2D eigenvalue weighted by atomic mass is 9.48. The van der Waals surface area contributed by atoms with E-state index in [4.69, 9.17) is 9.47 Å². The summed E-state index contributed by atoms with van der Waals surface area (Å²) in [7, 11) is 2.93. The van der Waals surface area contributed by atoms with Crippen molar-refractivity contribution in [1.82, 2.24) is 9.88 Å². The van der Waals surface area contributed by atoms with E-state index >= 15 is 0 Å². The predicted octanol–water partition coefficient (Wildman–Crippen LogP) is 1.75. The molecule has 0 aromatic carbocycles. The number of ether oxygens (including phenoxy) is 2. The van der Waals surface area contributed by atoms with E-state index in [0.29, 0.717) is 24.4 Å². The van der Waals surface area contributed by atoms with Crippen LogP contribution < -0.4 is 4.74 Å². The summed E-state index contributed by atoms with van der Waals surface area (Å²) in [6.07, 6.45) is 3.84. The second-order valence-electron chi connectivity index (χ2n) is 7.13. The monoisotopic (exact) mass is 318 g/mol. The van der Waals surface area contributed by atoms with Crippen LogP contribution in [0.2, 0.25) is 0 Å². The molecule has 23 heavy (non-hydrogen) atoms. The Bertz CT molecular complexity index is 658. The van der Waals surface area contributed by atoms with Crippen molar-refractivity contribution in [3.05, 3.63) is 24.0 Å². The summed E-state index contributed by atoms with van der Waals surface area (Å²) in [5.74, 6) is 0.235. The van der Waals surface area contributed by atoms with E-state index in [9.17, 15) is 9.59 Å². The van der Waals surface area contributed by atoms with Crippen LogP contribution in [0.15, 0.2) is 18.5 Å². The Hall–Kier alpha value is -2.11. The molecule has 0 unspecified atom stereocenters. The lowest BCUT2D eigenvalue weighted by Crippen LogP contribution is -2.57. The summed E-state index contributed by atoms with van der Waals surface area (Å²) < 4.78 is 10.2. The zero-order valence-corrected chi connectivity index (χ0v) is 14.0. The third kappa shape index (κ3) is 2.19. The van der Waals surface area contributed by atoms with Gasteiger partial charge < -0.3 is 14.4 Å². The third-order valence-electron chi connectivity index (χ3n) is 5.37. The molecular formula is C17H22N2O4. The molecule has 2 fully saturated rings. The zero-order valence-electron chi connectivity index (χ0n) is 14.0. The smallest absolute Gasteiger partial charge is 0.314 e. The standard InChI is InChI=1S/C17H22N2O4/c1-16(2)9-17(15(21)23-4)10-19(8-13(16)17)14(20)11-5-6-18-7-12(11)22-3/h5-7,13H,8-10H2,1-4H3/t13-,17+/m1/s1. The Kier molecular flexibility index (Phi) is 3.58. The highest BCUT2D eigenvalue weighted by atomic mass is 16.5. The molecule has 1 amide bonds. The minimum absolute atomic E-state index is 0.0333. The van der Waals surface area contributed by atoms with E-state index in [1.54, 1.807) is 17.2 Å². The largest absolute Gasteiger partial charge is 0.494 e. The molecule has 1 saturated carbocycles. The van der Waals surface area contributed by atoms with Crippen LogP contribution in [0.1, 0.15) is 30.6 Å². The first kappa shape index (κ1) is 15.8. The third-order valence-corrected chi connectivity index (χ3v) is 5.37. The number of pyridine rings is 1. The fourth-order valence-corrected chi connectivity index (χ4v) is 4.42. The van der Waals surface area contributed by atoms with Gasteiger partial charge in [-0.05, 0) is 23.8 Å². The predicted molar refractivity (Wildman–Crippen MR) is 83.0 cm³/mol. The maximum absolute atomic E-state index is 12.9. The van der Waals surface area contributed by atoms with Crippen molar-refractivity contribution in [2.75, 3.05) is 27.3 Å². The minimum atomic E-state index is -0.561. The van der Waals surface area contributed by atoms with Crippen LogP contribution in [0.4, 0.5) is 0 Å². The van der Waals surface area contributed by atoms with Gasteiger partial charge in [-0.25, -0.2) is 0 Å². The average molecular weight is 318 g/mol. The summed E-state index contributed by atoms with van der Waals surface area (Å²) in [5.41, 5.74) is -0.0543. The maximum Gasteiger partial charge on any atom is 0.314 e. The quantitative estimate of drug-likeness (QED) is 0.794. The molecule has 2 heterocycles. The number of hydrogen-bond acceptors (Lipinski definition) is 5. The van der Waals surface area contributed by atoms with Gasteiger partial charge in [-0.1, -0.05) is 13.8 Å². The van der Waals surface area contributed by atoms with Crippen molar-refractivity contribution in [2.24, 2.45) is 16.7 Å². The number of rotatable bonds is 3. The first-order chi connectivity index (χ1) is 10.9. The highest BCUT2D eigenvalue weighted by Gasteiger charge is 2.68. The van der Waals surface area contributed by atoms with Crippen LogP contribution >= 0.6 is 0 Å². The van der Waals surface area contributed by atoms with Crippen molar-refractivity contribution in [2.45, 2.75) is 20.3 Å². The molecule has 124 valence electrons. The van der Waals surface area contributed by atoms with Crippen molar-refractivity contribution in [3.8, 4) is 5.75 Å². The van der Waals surface area contributed by atoms with Crippen molar-refractivity contribution in [1.29, 1.82) is 0 Å². The Morgan fingerprint density at radius 1 is 1.35 bits per heavy atom. The van der Waals surface area contributed by atoms with E-state index in [1.807, 2.05) is 0 Å². The Morgan fingerprint density at radius 2 is 2.09 bits per heavy atom. The number of aromatic nitrogens is 1. The number of hydrogen-bond donors (Lipinski definition) is 0.